The molecule has 0 radical (unpaired) electrons. The minimum Gasteiger partial charge on any atom is -0.314 e. The monoisotopic (exact) mass is 340 g/mol. The highest BCUT2D eigenvalue weighted by molar-refractivity contribution is 5.27. The fourth-order valence-corrected chi connectivity index (χ4v) is 2.75. The minimum absolute atomic E-state index is 0.158. The molecular weight excluding hydrogens is 322 g/mol. The molecule has 1 saturated heterocycles. The predicted octanol–water partition coefficient (Wildman–Crippen LogP) is 3.99. The van der Waals surface area contributed by atoms with Gasteiger partial charge in [0.15, 0.2) is 0 Å². The van der Waals surface area contributed by atoms with Gasteiger partial charge in [-0.25, -0.2) is 0 Å². The van der Waals surface area contributed by atoms with Gasteiger partial charge in [-0.2, -0.15) is 26.3 Å². The lowest BCUT2D eigenvalue weighted by atomic mass is 9.98. The SMILES string of the molecule is FC(F)(F)CC[C@H](c1ccc(C(F)(F)F)cc1)N1CCNCC1. The van der Waals surface area contributed by atoms with Crippen LogP contribution in [0.4, 0.5) is 26.3 Å². The van der Waals surface area contributed by atoms with Gasteiger partial charge in [0.05, 0.1) is 5.56 Å². The first-order valence-electron chi connectivity index (χ1n) is 7.35. The van der Waals surface area contributed by atoms with E-state index in [4.69, 9.17) is 0 Å². The summed E-state index contributed by atoms with van der Waals surface area (Å²) in [5.74, 6) is 0. The van der Waals surface area contributed by atoms with E-state index in [-0.39, 0.29) is 6.42 Å². The van der Waals surface area contributed by atoms with Crippen LogP contribution in [0.15, 0.2) is 24.3 Å². The molecule has 23 heavy (non-hydrogen) atoms. The Hall–Kier alpha value is -1.28. The summed E-state index contributed by atoms with van der Waals surface area (Å²) in [6.07, 6.45) is -9.84. The normalized spacial score (nSPS) is 18.9. The topological polar surface area (TPSA) is 15.3 Å². The van der Waals surface area contributed by atoms with Crippen molar-refractivity contribution in [1.29, 1.82) is 0 Å². The molecule has 0 saturated carbocycles. The summed E-state index contributed by atoms with van der Waals surface area (Å²) in [6, 6.07) is 3.90. The van der Waals surface area contributed by atoms with E-state index in [1.807, 2.05) is 4.90 Å². The number of piperazine rings is 1. The maximum absolute atomic E-state index is 12.6. The van der Waals surface area contributed by atoms with Gasteiger partial charge in [0.1, 0.15) is 0 Å². The van der Waals surface area contributed by atoms with Crippen LogP contribution in [0.2, 0.25) is 0 Å². The van der Waals surface area contributed by atoms with Crippen molar-refractivity contribution in [2.45, 2.75) is 31.2 Å². The quantitative estimate of drug-likeness (QED) is 0.834. The van der Waals surface area contributed by atoms with Crippen molar-refractivity contribution in [3.63, 3.8) is 0 Å². The Kier molecular flexibility index (Phi) is 5.57. The highest BCUT2D eigenvalue weighted by Gasteiger charge is 2.33. The van der Waals surface area contributed by atoms with Crippen LogP contribution in [0.1, 0.15) is 30.0 Å². The van der Waals surface area contributed by atoms with Crippen LogP contribution < -0.4 is 5.32 Å². The van der Waals surface area contributed by atoms with Gasteiger partial charge in [-0.15, -0.1) is 0 Å². The maximum Gasteiger partial charge on any atom is 0.416 e. The average Bonchev–Trinajstić information content (AvgIpc) is 2.47. The Balaban J connectivity index is 2.18. The van der Waals surface area contributed by atoms with Gasteiger partial charge in [0.2, 0.25) is 0 Å². The first-order chi connectivity index (χ1) is 10.7. The zero-order valence-corrected chi connectivity index (χ0v) is 12.3. The van der Waals surface area contributed by atoms with E-state index < -0.39 is 30.4 Å². The van der Waals surface area contributed by atoms with E-state index in [1.165, 1.54) is 12.1 Å². The summed E-state index contributed by atoms with van der Waals surface area (Å²) in [5.41, 5.74) is -0.305. The molecule has 0 aromatic heterocycles. The first-order valence-corrected chi connectivity index (χ1v) is 7.35. The van der Waals surface area contributed by atoms with E-state index in [0.29, 0.717) is 31.7 Å². The van der Waals surface area contributed by atoms with Gasteiger partial charge in [-0.05, 0) is 24.1 Å². The molecule has 2 nitrogen and oxygen atoms in total. The molecule has 1 aromatic rings. The third-order valence-electron chi connectivity index (χ3n) is 3.92. The summed E-state index contributed by atoms with van der Waals surface area (Å²) in [7, 11) is 0. The van der Waals surface area contributed by atoms with Crippen LogP contribution in [0.25, 0.3) is 0 Å². The lowest BCUT2D eigenvalue weighted by Crippen LogP contribution is -2.45. The van der Waals surface area contributed by atoms with Gasteiger partial charge in [-0.3, -0.25) is 4.90 Å². The summed E-state index contributed by atoms with van der Waals surface area (Å²) in [4.78, 5) is 1.89. The molecular formula is C15H18F6N2. The van der Waals surface area contributed by atoms with E-state index in [1.54, 1.807) is 0 Å². The van der Waals surface area contributed by atoms with Crippen LogP contribution in [-0.4, -0.2) is 37.3 Å². The van der Waals surface area contributed by atoms with E-state index in [9.17, 15) is 26.3 Å². The van der Waals surface area contributed by atoms with E-state index in [0.717, 1.165) is 12.1 Å². The standard InChI is InChI=1S/C15H18F6N2/c16-14(17,18)6-5-13(23-9-7-22-8-10-23)11-1-3-12(4-2-11)15(19,20)21/h1-4,13,22H,5-10H2/t13-/m1/s1. The largest absolute Gasteiger partial charge is 0.416 e. The Morgan fingerprint density at radius 2 is 1.52 bits per heavy atom. The molecule has 0 amide bonds. The second kappa shape index (κ2) is 7.09. The second-order valence-corrected chi connectivity index (χ2v) is 5.58. The molecule has 0 bridgehead atoms. The van der Waals surface area contributed by atoms with Crippen LogP contribution >= 0.6 is 0 Å². The number of hydrogen-bond acceptors (Lipinski definition) is 2. The zero-order chi connectivity index (χ0) is 17.1. The van der Waals surface area contributed by atoms with Crippen molar-refractivity contribution in [1.82, 2.24) is 10.2 Å². The molecule has 1 aliphatic rings. The molecule has 0 unspecified atom stereocenters. The van der Waals surface area contributed by atoms with Crippen LogP contribution in [0.5, 0.6) is 0 Å². The van der Waals surface area contributed by atoms with E-state index >= 15 is 0 Å². The van der Waals surface area contributed by atoms with Gasteiger partial charge in [0.25, 0.3) is 0 Å². The number of alkyl halides is 6. The third kappa shape index (κ3) is 5.39. The molecule has 130 valence electrons. The summed E-state index contributed by atoms with van der Waals surface area (Å²) >= 11 is 0. The first kappa shape index (κ1) is 18.1. The fraction of sp³-hybridized carbons (Fsp3) is 0.600. The van der Waals surface area contributed by atoms with Crippen LogP contribution in [0, 0.1) is 0 Å². The molecule has 1 atom stereocenters. The van der Waals surface area contributed by atoms with Gasteiger partial charge < -0.3 is 5.32 Å². The Labute approximate surface area is 130 Å². The number of rotatable bonds is 4. The lowest BCUT2D eigenvalue weighted by molar-refractivity contribution is -0.138. The third-order valence-corrected chi connectivity index (χ3v) is 3.92. The van der Waals surface area contributed by atoms with Gasteiger partial charge >= 0.3 is 12.4 Å². The Morgan fingerprint density at radius 1 is 0.957 bits per heavy atom. The van der Waals surface area contributed by atoms with Crippen LogP contribution in [0.3, 0.4) is 0 Å². The molecule has 1 aromatic carbocycles. The highest BCUT2D eigenvalue weighted by atomic mass is 19.4. The van der Waals surface area contributed by atoms with E-state index in [2.05, 4.69) is 5.32 Å². The van der Waals surface area contributed by atoms with Gasteiger partial charge in [-0.1, -0.05) is 12.1 Å². The zero-order valence-electron chi connectivity index (χ0n) is 12.3. The Morgan fingerprint density at radius 3 is 2.00 bits per heavy atom. The number of nitrogens with zero attached hydrogens (tertiary/aromatic N) is 1. The number of hydrogen-bond donors (Lipinski definition) is 1. The highest BCUT2D eigenvalue weighted by Crippen LogP contribution is 2.34. The summed E-state index contributed by atoms with van der Waals surface area (Å²) in [5, 5.41) is 3.11. The van der Waals surface area contributed by atoms with Gasteiger partial charge in [0, 0.05) is 38.6 Å². The van der Waals surface area contributed by atoms with Crippen molar-refractivity contribution in [3.05, 3.63) is 35.4 Å². The number of halogens is 6. The second-order valence-electron chi connectivity index (χ2n) is 5.58. The molecule has 1 aliphatic heterocycles. The summed E-state index contributed by atoms with van der Waals surface area (Å²) in [6.45, 7) is 2.46. The molecule has 1 heterocycles. The summed E-state index contributed by atoms with van der Waals surface area (Å²) < 4.78 is 75.5. The molecule has 0 spiro atoms. The van der Waals surface area contributed by atoms with Crippen molar-refractivity contribution in [2.24, 2.45) is 0 Å². The molecule has 1 N–H and O–H groups in total. The van der Waals surface area contributed by atoms with Crippen molar-refractivity contribution >= 4 is 0 Å². The van der Waals surface area contributed by atoms with Crippen molar-refractivity contribution < 1.29 is 26.3 Å². The van der Waals surface area contributed by atoms with Crippen LogP contribution in [-0.2, 0) is 6.18 Å². The fourth-order valence-electron chi connectivity index (χ4n) is 2.75. The molecule has 8 heteroatoms. The smallest absolute Gasteiger partial charge is 0.314 e. The molecule has 0 aliphatic carbocycles. The minimum atomic E-state index is -4.45. The predicted molar refractivity (Wildman–Crippen MR) is 73.9 cm³/mol. The molecule has 1 fully saturated rings. The average molecular weight is 340 g/mol. The van der Waals surface area contributed by atoms with Crippen molar-refractivity contribution in [3.8, 4) is 0 Å². The Bertz CT molecular complexity index is 488. The molecule has 2 rings (SSSR count). The maximum atomic E-state index is 12.6. The number of nitrogens with one attached hydrogen (secondary N) is 1. The lowest BCUT2D eigenvalue weighted by Gasteiger charge is -2.35. The number of benzene rings is 1. The van der Waals surface area contributed by atoms with Crippen molar-refractivity contribution in [2.75, 3.05) is 26.2 Å².